The fourth-order valence-electron chi connectivity index (χ4n) is 5.93. The maximum absolute atomic E-state index is 4.20. The van der Waals surface area contributed by atoms with Gasteiger partial charge in [-0.2, -0.15) is 0 Å². The van der Waals surface area contributed by atoms with E-state index in [0.717, 1.165) is 11.3 Å². The molecule has 0 radical (unpaired) electrons. The Hall–Kier alpha value is -5.15. The largest absolute Gasteiger partial charge is 0.309 e. The summed E-state index contributed by atoms with van der Waals surface area (Å²) in [6.07, 6.45) is 3.70. The minimum absolute atomic E-state index is 1.15. The highest BCUT2D eigenvalue weighted by atomic mass is 15.0. The van der Waals surface area contributed by atoms with Gasteiger partial charge in [-0.25, -0.2) is 0 Å². The van der Waals surface area contributed by atoms with Gasteiger partial charge in [0.2, 0.25) is 0 Å². The zero-order valence-electron chi connectivity index (χ0n) is 20.6. The summed E-state index contributed by atoms with van der Waals surface area (Å²) in [5, 5.41) is 5.02. The summed E-state index contributed by atoms with van der Waals surface area (Å²) in [7, 11) is 0. The van der Waals surface area contributed by atoms with E-state index < -0.39 is 0 Å². The van der Waals surface area contributed by atoms with Crippen LogP contribution in [-0.4, -0.2) is 14.1 Å². The second-order valence-electron chi connectivity index (χ2n) is 9.71. The Balaban J connectivity index is 1.49. The van der Waals surface area contributed by atoms with Crippen LogP contribution in [0.4, 0.5) is 0 Å². The van der Waals surface area contributed by atoms with Gasteiger partial charge < -0.3 is 9.13 Å². The molecule has 0 unspecified atom stereocenters. The van der Waals surface area contributed by atoms with E-state index in [2.05, 4.69) is 142 Å². The molecule has 0 spiro atoms. The van der Waals surface area contributed by atoms with Gasteiger partial charge in [0.1, 0.15) is 0 Å². The van der Waals surface area contributed by atoms with Gasteiger partial charge in [-0.3, -0.25) is 4.98 Å². The number of aromatic nitrogens is 3. The van der Waals surface area contributed by atoms with Gasteiger partial charge in [-0.05, 0) is 71.8 Å². The summed E-state index contributed by atoms with van der Waals surface area (Å²) in [6.45, 7) is 0. The molecule has 0 bridgehead atoms. The van der Waals surface area contributed by atoms with E-state index in [4.69, 9.17) is 0 Å². The Kier molecular flexibility index (Phi) is 4.52. The van der Waals surface area contributed by atoms with Gasteiger partial charge in [-0.15, -0.1) is 0 Å². The second kappa shape index (κ2) is 8.19. The predicted molar refractivity (Wildman–Crippen MR) is 158 cm³/mol. The van der Waals surface area contributed by atoms with Crippen LogP contribution in [0.5, 0.6) is 0 Å². The third-order valence-corrected chi connectivity index (χ3v) is 7.60. The van der Waals surface area contributed by atoms with Crippen LogP contribution in [0.1, 0.15) is 0 Å². The number of nitrogens with zero attached hydrogens (tertiary/aromatic N) is 3. The van der Waals surface area contributed by atoms with Crippen molar-refractivity contribution in [3.63, 3.8) is 0 Å². The van der Waals surface area contributed by atoms with Crippen LogP contribution in [0, 0.1) is 0 Å². The number of hydrogen-bond donors (Lipinski definition) is 0. The molecule has 3 nitrogen and oxygen atoms in total. The number of hydrogen-bond acceptors (Lipinski definition) is 1. The van der Waals surface area contributed by atoms with Crippen LogP contribution in [0.25, 0.3) is 66.1 Å². The highest BCUT2D eigenvalue weighted by molar-refractivity contribution is 6.19. The van der Waals surface area contributed by atoms with Gasteiger partial charge in [0.15, 0.2) is 0 Å². The Morgan fingerprint density at radius 1 is 0.368 bits per heavy atom. The molecular formula is C35H23N3. The van der Waals surface area contributed by atoms with Crippen molar-refractivity contribution >= 4 is 43.6 Å². The van der Waals surface area contributed by atoms with Crippen molar-refractivity contribution in [1.29, 1.82) is 0 Å². The number of fused-ring (bicyclic) bond motifs is 6. The average molecular weight is 486 g/mol. The van der Waals surface area contributed by atoms with Crippen molar-refractivity contribution in [1.82, 2.24) is 14.1 Å². The minimum Gasteiger partial charge on any atom is -0.309 e. The molecule has 0 N–H and O–H groups in total. The van der Waals surface area contributed by atoms with Crippen LogP contribution >= 0.6 is 0 Å². The Labute approximate surface area is 219 Å². The molecule has 3 heteroatoms. The highest BCUT2D eigenvalue weighted by Crippen LogP contribution is 2.39. The van der Waals surface area contributed by atoms with Gasteiger partial charge in [0, 0.05) is 45.3 Å². The van der Waals surface area contributed by atoms with Crippen LogP contribution in [-0.2, 0) is 0 Å². The summed E-state index contributed by atoms with van der Waals surface area (Å²) in [5.74, 6) is 0. The van der Waals surface area contributed by atoms with Crippen molar-refractivity contribution in [3.8, 4) is 22.5 Å². The van der Waals surface area contributed by atoms with Crippen LogP contribution in [0.15, 0.2) is 140 Å². The van der Waals surface area contributed by atoms with E-state index in [1.807, 2.05) is 12.4 Å². The fourth-order valence-corrected chi connectivity index (χ4v) is 5.93. The molecule has 0 aliphatic heterocycles. The summed E-state index contributed by atoms with van der Waals surface area (Å²) < 4.78 is 4.80. The number of pyridine rings is 1. The maximum Gasteiger partial charge on any atom is 0.0548 e. The van der Waals surface area contributed by atoms with Gasteiger partial charge in [-0.1, -0.05) is 66.7 Å². The van der Waals surface area contributed by atoms with Crippen molar-refractivity contribution in [3.05, 3.63) is 140 Å². The lowest BCUT2D eigenvalue weighted by molar-refractivity contribution is 1.17. The fraction of sp³-hybridized carbons (Fsp3) is 0. The standard InChI is InChI=1S/C35H23N3/c1-2-10-26(11-3-1)37-32-15-6-4-13-28(32)30-23-35-31(22-34(30)37)29-14-5-7-16-33(29)38(35)27-12-8-9-25(21-27)24-17-19-36-20-18-24/h1-23H. The average Bonchev–Trinajstić information content (AvgIpc) is 3.49. The summed E-state index contributed by atoms with van der Waals surface area (Å²) in [4.78, 5) is 4.20. The molecule has 3 aromatic heterocycles. The molecule has 5 aromatic carbocycles. The molecule has 0 aliphatic carbocycles. The molecule has 38 heavy (non-hydrogen) atoms. The Bertz CT molecular complexity index is 2120. The van der Waals surface area contributed by atoms with Crippen LogP contribution < -0.4 is 0 Å². The summed E-state index contributed by atoms with van der Waals surface area (Å²) in [6, 6.07) is 45.8. The second-order valence-corrected chi connectivity index (χ2v) is 9.71. The van der Waals surface area contributed by atoms with Crippen LogP contribution in [0.3, 0.4) is 0 Å². The number of rotatable bonds is 3. The predicted octanol–water partition coefficient (Wildman–Crippen LogP) is 8.94. The van der Waals surface area contributed by atoms with Crippen molar-refractivity contribution in [2.24, 2.45) is 0 Å². The smallest absolute Gasteiger partial charge is 0.0548 e. The molecule has 8 aromatic rings. The molecule has 8 rings (SSSR count). The monoisotopic (exact) mass is 485 g/mol. The molecule has 3 heterocycles. The lowest BCUT2D eigenvalue weighted by atomic mass is 10.1. The van der Waals surface area contributed by atoms with E-state index in [-0.39, 0.29) is 0 Å². The quantitative estimate of drug-likeness (QED) is 0.245. The molecular weight excluding hydrogens is 462 g/mol. The molecule has 0 fully saturated rings. The third-order valence-electron chi connectivity index (χ3n) is 7.60. The maximum atomic E-state index is 4.20. The first-order valence-corrected chi connectivity index (χ1v) is 12.9. The third kappa shape index (κ3) is 3.06. The zero-order chi connectivity index (χ0) is 25.1. The molecule has 0 saturated heterocycles. The minimum atomic E-state index is 1.15. The lowest BCUT2D eigenvalue weighted by Crippen LogP contribution is -1.95. The van der Waals surface area contributed by atoms with Crippen LogP contribution in [0.2, 0.25) is 0 Å². The topological polar surface area (TPSA) is 22.8 Å². The Morgan fingerprint density at radius 3 is 1.58 bits per heavy atom. The van der Waals surface area contributed by atoms with E-state index >= 15 is 0 Å². The van der Waals surface area contributed by atoms with Crippen molar-refractivity contribution < 1.29 is 0 Å². The number of para-hydroxylation sites is 3. The first-order chi connectivity index (χ1) is 18.9. The molecule has 0 atom stereocenters. The lowest BCUT2D eigenvalue weighted by Gasteiger charge is -2.11. The summed E-state index contributed by atoms with van der Waals surface area (Å²) in [5.41, 5.74) is 9.52. The van der Waals surface area contributed by atoms with Crippen molar-refractivity contribution in [2.45, 2.75) is 0 Å². The summed E-state index contributed by atoms with van der Waals surface area (Å²) >= 11 is 0. The van der Waals surface area contributed by atoms with E-state index in [0.29, 0.717) is 0 Å². The SMILES string of the molecule is c1ccc(-n2c3ccccc3c3cc4c(cc32)c2ccccc2n4-c2cccc(-c3ccncc3)c2)cc1. The van der Waals surface area contributed by atoms with E-state index in [9.17, 15) is 0 Å². The highest BCUT2D eigenvalue weighted by Gasteiger charge is 2.18. The Morgan fingerprint density at radius 2 is 0.921 bits per heavy atom. The van der Waals surface area contributed by atoms with E-state index in [1.54, 1.807) is 0 Å². The van der Waals surface area contributed by atoms with E-state index in [1.165, 1.54) is 54.9 Å². The molecule has 0 saturated carbocycles. The van der Waals surface area contributed by atoms with Crippen molar-refractivity contribution in [2.75, 3.05) is 0 Å². The molecule has 0 amide bonds. The molecule has 178 valence electrons. The van der Waals surface area contributed by atoms with Gasteiger partial charge in [0.05, 0.1) is 22.1 Å². The van der Waals surface area contributed by atoms with Gasteiger partial charge >= 0.3 is 0 Å². The normalized spacial score (nSPS) is 11.7. The number of benzene rings is 5. The zero-order valence-corrected chi connectivity index (χ0v) is 20.6. The first kappa shape index (κ1) is 21.0. The molecule has 0 aliphatic rings. The van der Waals surface area contributed by atoms with Gasteiger partial charge in [0.25, 0.3) is 0 Å². The first-order valence-electron chi connectivity index (χ1n) is 12.9.